The van der Waals surface area contributed by atoms with Crippen LogP contribution in [0.15, 0.2) is 41.3 Å². The highest BCUT2D eigenvalue weighted by atomic mass is 32.2. The van der Waals surface area contributed by atoms with Crippen molar-refractivity contribution in [1.29, 1.82) is 5.26 Å². The number of thioether (sulfide) groups is 1. The van der Waals surface area contributed by atoms with E-state index in [-0.39, 0.29) is 10.5 Å². The monoisotopic (exact) mass is 341 g/mol. The van der Waals surface area contributed by atoms with Gasteiger partial charge in [0.05, 0.1) is 4.90 Å². The van der Waals surface area contributed by atoms with Crippen molar-refractivity contribution in [2.75, 3.05) is 0 Å². The third-order valence-electron chi connectivity index (χ3n) is 3.52. The van der Waals surface area contributed by atoms with Gasteiger partial charge in [0.15, 0.2) is 0 Å². The summed E-state index contributed by atoms with van der Waals surface area (Å²) in [4.78, 5) is -0.292. The van der Waals surface area contributed by atoms with Crippen LogP contribution in [-0.2, 0) is 6.42 Å². The van der Waals surface area contributed by atoms with E-state index in [1.165, 1.54) is 24.8 Å². The summed E-state index contributed by atoms with van der Waals surface area (Å²) in [5.41, 5.74) is 2.31. The highest BCUT2D eigenvalue weighted by molar-refractivity contribution is 8.03. The normalized spacial score (nSPS) is 9.92. The second kappa shape index (κ2) is 9.11. The number of hydrogen-bond acceptors (Lipinski definition) is 2. The van der Waals surface area contributed by atoms with E-state index >= 15 is 0 Å². The first-order valence-corrected chi connectivity index (χ1v) is 8.61. The summed E-state index contributed by atoms with van der Waals surface area (Å²) in [5, 5.41) is 10.2. The van der Waals surface area contributed by atoms with Crippen LogP contribution in [0.5, 0.6) is 0 Å². The van der Waals surface area contributed by atoms with Crippen LogP contribution < -0.4 is 0 Å². The summed E-state index contributed by atoms with van der Waals surface area (Å²) in [6.07, 6.45) is 4.64. The van der Waals surface area contributed by atoms with Gasteiger partial charge in [-0.1, -0.05) is 43.7 Å². The molecule has 24 heavy (non-hydrogen) atoms. The maximum atomic E-state index is 13.7. The Balaban J connectivity index is 2.11. The highest BCUT2D eigenvalue weighted by Crippen LogP contribution is 2.25. The third kappa shape index (κ3) is 5.11. The lowest BCUT2D eigenvalue weighted by Crippen LogP contribution is -1.89. The summed E-state index contributed by atoms with van der Waals surface area (Å²) < 4.78 is 27.5. The van der Waals surface area contributed by atoms with E-state index in [1.54, 1.807) is 5.40 Å². The summed E-state index contributed by atoms with van der Waals surface area (Å²) >= 11 is 0.469. The van der Waals surface area contributed by atoms with E-state index in [4.69, 9.17) is 5.26 Å². The minimum atomic E-state index is -0.767. The molecule has 0 unspecified atom stereocenters. The van der Waals surface area contributed by atoms with Crippen LogP contribution in [0.1, 0.15) is 42.9 Å². The molecule has 0 atom stereocenters. The number of hydrogen-bond donors (Lipinski definition) is 0. The maximum absolute atomic E-state index is 13.7. The van der Waals surface area contributed by atoms with Crippen molar-refractivity contribution in [3.63, 3.8) is 0 Å². The molecule has 2 aromatic carbocycles. The average Bonchev–Trinajstić information content (AvgIpc) is 2.58. The molecule has 0 bridgehead atoms. The zero-order valence-corrected chi connectivity index (χ0v) is 14.2. The van der Waals surface area contributed by atoms with Crippen LogP contribution in [0.25, 0.3) is 0 Å². The summed E-state index contributed by atoms with van der Waals surface area (Å²) in [6, 6.07) is 10.2. The Labute approximate surface area is 145 Å². The van der Waals surface area contributed by atoms with Crippen molar-refractivity contribution in [2.24, 2.45) is 0 Å². The molecule has 0 amide bonds. The molecule has 0 aliphatic heterocycles. The second-order valence-corrected chi connectivity index (χ2v) is 6.16. The molecule has 0 heterocycles. The van der Waals surface area contributed by atoms with Gasteiger partial charge in [-0.15, -0.1) is 0 Å². The Kier molecular flexibility index (Phi) is 6.85. The summed E-state index contributed by atoms with van der Waals surface area (Å²) in [5.74, 6) is 4.13. The van der Waals surface area contributed by atoms with Gasteiger partial charge < -0.3 is 0 Å². The number of aryl methyl sites for hydroxylation is 1. The molecule has 0 spiro atoms. The first-order chi connectivity index (χ1) is 11.6. The molecule has 0 aliphatic carbocycles. The zero-order valence-electron chi connectivity index (χ0n) is 13.4. The molecule has 0 aliphatic rings. The highest BCUT2D eigenvalue weighted by Gasteiger charge is 2.10. The molecule has 2 aromatic rings. The molecule has 0 N–H and O–H groups in total. The fourth-order valence-electron chi connectivity index (χ4n) is 2.25. The number of nitriles is 1. The van der Waals surface area contributed by atoms with Gasteiger partial charge in [0.25, 0.3) is 0 Å². The zero-order chi connectivity index (χ0) is 17.4. The fourth-order valence-corrected chi connectivity index (χ4v) is 2.66. The Bertz CT molecular complexity index is 772. The Morgan fingerprint density at radius 1 is 0.958 bits per heavy atom. The van der Waals surface area contributed by atoms with Crippen LogP contribution in [0.2, 0.25) is 0 Å². The number of nitrogens with zero attached hydrogens (tertiary/aromatic N) is 1. The number of benzene rings is 2. The molecule has 0 saturated heterocycles. The standard InChI is InChI=1S/C20H17F2NS/c1-2-3-4-5-15-6-8-16(9-7-15)10-11-17-12-18(21)20(24-14-23)19(22)13-17/h6-9,12-13H,2-5H2,1H3. The topological polar surface area (TPSA) is 23.8 Å². The number of rotatable bonds is 5. The molecule has 2 rings (SSSR count). The Hall–Kier alpha value is -2.30. The van der Waals surface area contributed by atoms with Crippen LogP contribution in [0.3, 0.4) is 0 Å². The molecule has 0 radical (unpaired) electrons. The van der Waals surface area contributed by atoms with Crippen LogP contribution >= 0.6 is 11.8 Å². The molecular weight excluding hydrogens is 324 g/mol. The van der Waals surface area contributed by atoms with Crippen LogP contribution in [0.4, 0.5) is 8.78 Å². The van der Waals surface area contributed by atoms with E-state index in [9.17, 15) is 8.78 Å². The summed E-state index contributed by atoms with van der Waals surface area (Å²) in [7, 11) is 0. The summed E-state index contributed by atoms with van der Waals surface area (Å²) in [6.45, 7) is 2.18. The minimum absolute atomic E-state index is 0.249. The van der Waals surface area contributed by atoms with Crippen molar-refractivity contribution < 1.29 is 8.78 Å². The van der Waals surface area contributed by atoms with Crippen LogP contribution in [-0.4, -0.2) is 0 Å². The predicted octanol–water partition coefficient (Wildman–Crippen LogP) is 5.67. The molecular formula is C20H17F2NS. The van der Waals surface area contributed by atoms with Crippen molar-refractivity contribution in [3.8, 4) is 17.2 Å². The van der Waals surface area contributed by atoms with Gasteiger partial charge in [-0.25, -0.2) is 8.78 Å². The van der Waals surface area contributed by atoms with E-state index in [1.807, 2.05) is 24.3 Å². The number of halogens is 2. The Morgan fingerprint density at radius 2 is 1.58 bits per heavy atom. The van der Waals surface area contributed by atoms with Gasteiger partial charge in [0, 0.05) is 11.1 Å². The average molecular weight is 341 g/mol. The Morgan fingerprint density at radius 3 is 2.17 bits per heavy atom. The van der Waals surface area contributed by atoms with Crippen LogP contribution in [0, 0.1) is 34.1 Å². The lowest BCUT2D eigenvalue weighted by atomic mass is 10.1. The predicted molar refractivity (Wildman–Crippen MR) is 93.5 cm³/mol. The first kappa shape index (κ1) is 18.0. The smallest absolute Gasteiger partial charge is 0.142 e. The SMILES string of the molecule is CCCCCc1ccc(C#Cc2cc(F)c(SC#N)c(F)c2)cc1. The van der Waals surface area contributed by atoms with Gasteiger partial charge in [-0.3, -0.25) is 0 Å². The third-order valence-corrected chi connectivity index (χ3v) is 4.21. The van der Waals surface area contributed by atoms with E-state index < -0.39 is 11.6 Å². The van der Waals surface area contributed by atoms with Crippen molar-refractivity contribution >= 4 is 11.8 Å². The van der Waals surface area contributed by atoms with Crippen molar-refractivity contribution in [1.82, 2.24) is 0 Å². The molecule has 0 fully saturated rings. The minimum Gasteiger partial charge on any atom is -0.206 e. The molecule has 4 heteroatoms. The number of unbranched alkanes of at least 4 members (excludes halogenated alkanes) is 2. The maximum Gasteiger partial charge on any atom is 0.142 e. The molecule has 0 aromatic heterocycles. The fraction of sp³-hybridized carbons (Fsp3) is 0.250. The van der Waals surface area contributed by atoms with Gasteiger partial charge in [-0.2, -0.15) is 5.26 Å². The van der Waals surface area contributed by atoms with Gasteiger partial charge in [0.1, 0.15) is 17.0 Å². The lowest BCUT2D eigenvalue weighted by Gasteiger charge is -2.01. The van der Waals surface area contributed by atoms with Gasteiger partial charge >= 0.3 is 0 Å². The second-order valence-electron chi connectivity index (χ2n) is 5.37. The van der Waals surface area contributed by atoms with Crippen molar-refractivity contribution in [2.45, 2.75) is 37.5 Å². The van der Waals surface area contributed by atoms with E-state index in [0.29, 0.717) is 11.8 Å². The van der Waals surface area contributed by atoms with Gasteiger partial charge in [0.2, 0.25) is 0 Å². The number of thiocyanates is 1. The largest absolute Gasteiger partial charge is 0.206 e. The van der Waals surface area contributed by atoms with Crippen molar-refractivity contribution in [3.05, 3.63) is 64.7 Å². The molecule has 0 saturated carbocycles. The van der Waals surface area contributed by atoms with Gasteiger partial charge in [-0.05, 0) is 54.4 Å². The van der Waals surface area contributed by atoms with E-state index in [2.05, 4.69) is 18.8 Å². The molecule has 1 nitrogen and oxygen atoms in total. The first-order valence-electron chi connectivity index (χ1n) is 7.80. The quantitative estimate of drug-likeness (QED) is 0.303. The molecule has 122 valence electrons. The lowest BCUT2D eigenvalue weighted by molar-refractivity contribution is 0.540. The van der Waals surface area contributed by atoms with E-state index in [0.717, 1.165) is 24.1 Å².